The average molecular weight is 333 g/mol. The van der Waals surface area contributed by atoms with Crippen molar-refractivity contribution in [3.8, 4) is 0 Å². The first kappa shape index (κ1) is 16.4. The fraction of sp³-hybridized carbons (Fsp3) is 0.615. The van der Waals surface area contributed by atoms with Crippen molar-refractivity contribution in [3.63, 3.8) is 0 Å². The fourth-order valence-corrected chi connectivity index (χ4v) is 3.98. The van der Waals surface area contributed by atoms with Gasteiger partial charge in [0.25, 0.3) is 15.9 Å². The van der Waals surface area contributed by atoms with Crippen LogP contribution in [-0.2, 0) is 24.3 Å². The van der Waals surface area contributed by atoms with Crippen molar-refractivity contribution in [1.29, 1.82) is 0 Å². The zero-order valence-corrected chi connectivity index (χ0v) is 13.4. The molecular formula is C13H19NO5S2. The highest BCUT2D eigenvalue weighted by atomic mass is 32.2. The second-order valence-corrected chi connectivity index (χ2v) is 7.72. The van der Waals surface area contributed by atoms with Crippen LogP contribution in [0, 0.1) is 0 Å². The van der Waals surface area contributed by atoms with Crippen molar-refractivity contribution >= 4 is 27.3 Å². The topological polar surface area (TPSA) is 81.7 Å². The van der Waals surface area contributed by atoms with Crippen molar-refractivity contribution < 1.29 is 22.7 Å². The smallest absolute Gasteiger partial charge is 0.273 e. The summed E-state index contributed by atoms with van der Waals surface area (Å²) in [5.41, 5.74) is 0. The molecule has 0 aliphatic carbocycles. The average Bonchev–Trinajstić information content (AvgIpc) is 3.00. The Labute approximate surface area is 128 Å². The van der Waals surface area contributed by atoms with Crippen molar-refractivity contribution in [2.75, 3.05) is 13.2 Å². The number of carbonyl (C=O) groups excluding carboxylic acids is 1. The van der Waals surface area contributed by atoms with Crippen LogP contribution in [0.25, 0.3) is 0 Å². The lowest BCUT2D eigenvalue weighted by molar-refractivity contribution is -0.133. The zero-order valence-electron chi connectivity index (χ0n) is 11.8. The monoisotopic (exact) mass is 333 g/mol. The number of sulfonamides is 1. The van der Waals surface area contributed by atoms with Crippen molar-refractivity contribution in [3.05, 3.63) is 17.5 Å². The minimum Gasteiger partial charge on any atom is -0.376 e. The SMILES string of the molecule is C[C@H](OC[C@H]1CCCCO1)C(=O)NS(=O)(=O)c1cccs1. The van der Waals surface area contributed by atoms with Crippen molar-refractivity contribution in [2.45, 2.75) is 42.6 Å². The summed E-state index contributed by atoms with van der Waals surface area (Å²) in [4.78, 5) is 11.9. The van der Waals surface area contributed by atoms with Gasteiger partial charge in [-0.1, -0.05) is 6.07 Å². The van der Waals surface area contributed by atoms with Gasteiger partial charge in [0.15, 0.2) is 0 Å². The van der Waals surface area contributed by atoms with Gasteiger partial charge >= 0.3 is 0 Å². The first-order valence-electron chi connectivity index (χ1n) is 6.82. The van der Waals surface area contributed by atoms with E-state index in [2.05, 4.69) is 0 Å². The third kappa shape index (κ3) is 4.77. The normalized spacial score (nSPS) is 20.9. The Balaban J connectivity index is 1.82. The molecule has 0 bridgehead atoms. The minimum absolute atomic E-state index is 0.0112. The first-order valence-corrected chi connectivity index (χ1v) is 9.18. The third-order valence-electron chi connectivity index (χ3n) is 3.17. The van der Waals surface area contributed by atoms with E-state index in [4.69, 9.17) is 9.47 Å². The van der Waals surface area contributed by atoms with Crippen molar-refractivity contribution in [2.24, 2.45) is 0 Å². The number of rotatable bonds is 6. The molecule has 1 fully saturated rings. The second-order valence-electron chi connectivity index (χ2n) is 4.87. The Kier molecular flexibility index (Phi) is 5.74. The highest BCUT2D eigenvalue weighted by Gasteiger charge is 2.24. The standard InChI is InChI=1S/C13H19NO5S2/c1-10(19-9-11-5-2-3-7-18-11)13(15)14-21(16,17)12-6-4-8-20-12/h4,6,8,10-11H,2-3,5,7,9H2,1H3,(H,14,15)/t10-,11+/m0/s1. The molecule has 0 saturated carbocycles. The van der Waals surface area contributed by atoms with E-state index in [-0.39, 0.29) is 10.3 Å². The van der Waals surface area contributed by atoms with Crippen LogP contribution in [0.3, 0.4) is 0 Å². The van der Waals surface area contributed by atoms with E-state index in [0.717, 1.165) is 30.6 Å². The molecule has 118 valence electrons. The first-order chi connectivity index (χ1) is 9.99. The van der Waals surface area contributed by atoms with E-state index in [1.54, 1.807) is 11.4 Å². The summed E-state index contributed by atoms with van der Waals surface area (Å²) in [6.45, 7) is 2.54. The predicted molar refractivity (Wildman–Crippen MR) is 78.7 cm³/mol. The summed E-state index contributed by atoms with van der Waals surface area (Å²) in [7, 11) is -3.80. The Morgan fingerprint density at radius 1 is 1.57 bits per heavy atom. The molecule has 0 radical (unpaired) electrons. The molecule has 0 spiro atoms. The van der Waals surface area contributed by atoms with Gasteiger partial charge < -0.3 is 9.47 Å². The van der Waals surface area contributed by atoms with Crippen molar-refractivity contribution in [1.82, 2.24) is 4.72 Å². The Hall–Kier alpha value is -0.960. The number of nitrogens with one attached hydrogen (secondary N) is 1. The Bertz CT molecular complexity index is 549. The lowest BCUT2D eigenvalue weighted by Crippen LogP contribution is -2.39. The molecule has 2 rings (SSSR count). The zero-order chi connectivity index (χ0) is 15.3. The van der Waals surface area contributed by atoms with Crippen LogP contribution in [-0.4, -0.2) is 39.7 Å². The van der Waals surface area contributed by atoms with Gasteiger partial charge in [-0.05, 0) is 37.6 Å². The summed E-state index contributed by atoms with van der Waals surface area (Å²) in [5.74, 6) is -0.667. The van der Waals surface area contributed by atoms with E-state index in [1.807, 2.05) is 4.72 Å². The lowest BCUT2D eigenvalue weighted by atomic mass is 10.1. The van der Waals surface area contributed by atoms with Crippen LogP contribution in [0.2, 0.25) is 0 Å². The van der Waals surface area contributed by atoms with Crippen LogP contribution in [0.15, 0.2) is 21.7 Å². The van der Waals surface area contributed by atoms with Gasteiger partial charge in [-0.2, -0.15) is 0 Å². The summed E-state index contributed by atoms with van der Waals surface area (Å²) in [5, 5.41) is 1.64. The minimum atomic E-state index is -3.80. The van der Waals surface area contributed by atoms with Gasteiger partial charge in [0.05, 0.1) is 12.7 Å². The molecule has 1 aromatic heterocycles. The van der Waals surface area contributed by atoms with E-state index < -0.39 is 22.0 Å². The van der Waals surface area contributed by atoms with E-state index in [0.29, 0.717) is 13.2 Å². The fourth-order valence-electron chi connectivity index (χ4n) is 1.95. The van der Waals surface area contributed by atoms with E-state index in [1.165, 1.54) is 13.0 Å². The maximum Gasteiger partial charge on any atom is 0.273 e. The largest absolute Gasteiger partial charge is 0.376 e. The van der Waals surface area contributed by atoms with Crippen LogP contribution in [0.1, 0.15) is 26.2 Å². The molecule has 1 N–H and O–H groups in total. The van der Waals surface area contributed by atoms with E-state index in [9.17, 15) is 13.2 Å². The van der Waals surface area contributed by atoms with Crippen LogP contribution < -0.4 is 4.72 Å². The molecule has 6 nitrogen and oxygen atoms in total. The molecular weight excluding hydrogens is 314 g/mol. The molecule has 0 unspecified atom stereocenters. The molecule has 1 saturated heterocycles. The molecule has 21 heavy (non-hydrogen) atoms. The molecule has 1 aromatic rings. The quantitative estimate of drug-likeness (QED) is 0.854. The summed E-state index contributed by atoms with van der Waals surface area (Å²) in [6, 6.07) is 3.06. The highest BCUT2D eigenvalue weighted by Crippen LogP contribution is 2.16. The van der Waals surface area contributed by atoms with Crippen LogP contribution in [0.5, 0.6) is 0 Å². The second kappa shape index (κ2) is 7.35. The molecule has 2 heterocycles. The maximum absolute atomic E-state index is 11.9. The van der Waals surface area contributed by atoms with Gasteiger partial charge in [-0.25, -0.2) is 13.1 Å². The van der Waals surface area contributed by atoms with E-state index >= 15 is 0 Å². The van der Waals surface area contributed by atoms with Gasteiger partial charge in [0.1, 0.15) is 10.3 Å². The van der Waals surface area contributed by atoms with Gasteiger partial charge in [0.2, 0.25) is 0 Å². The Morgan fingerprint density at radius 2 is 2.38 bits per heavy atom. The summed E-state index contributed by atoms with van der Waals surface area (Å²) >= 11 is 1.06. The van der Waals surface area contributed by atoms with Gasteiger partial charge in [-0.15, -0.1) is 11.3 Å². The maximum atomic E-state index is 11.9. The molecule has 0 aromatic carbocycles. The number of thiophene rings is 1. The van der Waals surface area contributed by atoms with Crippen LogP contribution >= 0.6 is 11.3 Å². The summed E-state index contributed by atoms with van der Waals surface area (Å²) in [6.07, 6.45) is 2.18. The number of amides is 1. The molecule has 1 amide bonds. The Morgan fingerprint density at radius 3 is 3.00 bits per heavy atom. The molecule has 1 aliphatic rings. The number of carbonyl (C=O) groups is 1. The van der Waals surface area contributed by atoms with Crippen LogP contribution in [0.4, 0.5) is 0 Å². The molecule has 2 atom stereocenters. The van der Waals surface area contributed by atoms with Gasteiger partial charge in [0, 0.05) is 6.61 Å². The van der Waals surface area contributed by atoms with Gasteiger partial charge in [-0.3, -0.25) is 4.79 Å². The highest BCUT2D eigenvalue weighted by molar-refractivity contribution is 7.92. The number of hydrogen-bond donors (Lipinski definition) is 1. The number of ether oxygens (including phenoxy) is 2. The molecule has 1 aliphatic heterocycles. The lowest BCUT2D eigenvalue weighted by Gasteiger charge is -2.23. The molecule has 8 heteroatoms. The predicted octanol–water partition coefficient (Wildman–Crippen LogP) is 1.53. The third-order valence-corrected chi connectivity index (χ3v) is 5.91. The summed E-state index contributed by atoms with van der Waals surface area (Å²) < 4.78 is 36.9. The number of hydrogen-bond acceptors (Lipinski definition) is 6.